The molecule has 176 valence electrons. The fourth-order valence-corrected chi connectivity index (χ4v) is 4.78. The van der Waals surface area contributed by atoms with E-state index in [9.17, 15) is 44.0 Å². The zero-order valence-electron chi connectivity index (χ0n) is 16.0. The molecular formula is C16H14N4O10S3. The Hall–Kier alpha value is -3.35. The topological polar surface area (TPSA) is 260 Å². The summed E-state index contributed by atoms with van der Waals surface area (Å²) in [7, 11) is -14.7. The zero-order valence-corrected chi connectivity index (χ0v) is 18.4. The maximum Gasteiger partial charge on any atom is 0.296 e. The van der Waals surface area contributed by atoms with Crippen molar-refractivity contribution in [2.45, 2.75) is 14.7 Å². The van der Waals surface area contributed by atoms with E-state index in [1.165, 1.54) is 6.07 Å². The van der Waals surface area contributed by atoms with Gasteiger partial charge in [0.1, 0.15) is 26.1 Å². The number of fused-ring (bicyclic) bond motifs is 1. The number of nitrogens with zero attached hydrogens (tertiary/aromatic N) is 2. The molecule has 0 saturated carbocycles. The molecule has 0 aliphatic carbocycles. The quantitative estimate of drug-likeness (QED) is 0.161. The molecule has 0 aliphatic rings. The molecule has 0 radical (unpaired) electrons. The first-order chi connectivity index (χ1) is 15.0. The Labute approximate surface area is 186 Å². The van der Waals surface area contributed by atoms with Gasteiger partial charge in [0.2, 0.25) is 0 Å². The average molecular weight is 519 g/mol. The summed E-state index contributed by atoms with van der Waals surface area (Å²) in [6.07, 6.45) is 0. The minimum Gasteiger partial charge on any atom is -0.505 e. The summed E-state index contributed by atoms with van der Waals surface area (Å²) < 4.78 is 98.0. The predicted octanol–water partition coefficient (Wildman–Crippen LogP) is 1.87. The number of benzene rings is 3. The van der Waals surface area contributed by atoms with E-state index in [0.29, 0.717) is 0 Å². The lowest BCUT2D eigenvalue weighted by Crippen LogP contribution is -2.04. The molecule has 0 bridgehead atoms. The molecule has 0 unspecified atom stereocenters. The molecule has 0 amide bonds. The highest BCUT2D eigenvalue weighted by Gasteiger charge is 2.25. The van der Waals surface area contributed by atoms with Gasteiger partial charge in [-0.1, -0.05) is 0 Å². The molecule has 33 heavy (non-hydrogen) atoms. The van der Waals surface area contributed by atoms with E-state index in [1.54, 1.807) is 0 Å². The van der Waals surface area contributed by atoms with Gasteiger partial charge in [0.15, 0.2) is 5.75 Å². The lowest BCUT2D eigenvalue weighted by Gasteiger charge is -2.11. The minimum atomic E-state index is -5.10. The fourth-order valence-electron chi connectivity index (χ4n) is 2.83. The Kier molecular flexibility index (Phi) is 5.82. The highest BCUT2D eigenvalue weighted by Crippen LogP contribution is 2.43. The van der Waals surface area contributed by atoms with E-state index >= 15 is 0 Å². The van der Waals surface area contributed by atoms with Crippen molar-refractivity contribution >= 4 is 63.9 Å². The number of phenolic OH excluding ortho intramolecular Hbond substituents is 1. The standard InChI is InChI=1S/C16H14N4O10S3/c17-8-1-2-11(13(5-8)32(25,26)27)19-20-15-14(33(28,29)30)4-7-3-12(31(22,23)24)10(18)6-9(7)16(15)21/h1-6,21H,17-18H2,(H,22,23,24)(H,25,26,27)(H,28,29,30). The molecule has 0 aliphatic heterocycles. The normalized spacial score (nSPS) is 13.1. The number of hydrogen-bond acceptors (Lipinski definition) is 11. The fraction of sp³-hybridized carbons (Fsp3) is 0. The smallest absolute Gasteiger partial charge is 0.296 e. The summed E-state index contributed by atoms with van der Waals surface area (Å²) in [5, 5.41) is 17.1. The highest BCUT2D eigenvalue weighted by molar-refractivity contribution is 7.86. The van der Waals surface area contributed by atoms with Crippen LogP contribution in [-0.2, 0) is 30.4 Å². The van der Waals surface area contributed by atoms with E-state index < -0.39 is 67.9 Å². The lowest BCUT2D eigenvalue weighted by molar-refractivity contribution is 0.472. The molecule has 0 fully saturated rings. The molecule has 0 atom stereocenters. The van der Waals surface area contributed by atoms with Crippen molar-refractivity contribution in [3.63, 3.8) is 0 Å². The molecule has 0 heterocycles. The number of nitrogen functional groups attached to an aromatic ring is 2. The summed E-state index contributed by atoms with van der Waals surface area (Å²) in [6.45, 7) is 0. The number of nitrogens with two attached hydrogens (primary N) is 2. The van der Waals surface area contributed by atoms with Gasteiger partial charge >= 0.3 is 0 Å². The number of anilines is 2. The van der Waals surface area contributed by atoms with Gasteiger partial charge in [0.05, 0.1) is 5.69 Å². The molecule has 17 heteroatoms. The SMILES string of the molecule is Nc1ccc(N=Nc2c(S(=O)(=O)O)cc3cc(S(=O)(=O)O)c(N)cc3c2O)c(S(=O)(=O)O)c1. The Morgan fingerprint density at radius 2 is 1.24 bits per heavy atom. The van der Waals surface area contributed by atoms with Crippen molar-refractivity contribution < 1.29 is 44.0 Å². The van der Waals surface area contributed by atoms with Crippen LogP contribution < -0.4 is 11.5 Å². The Morgan fingerprint density at radius 3 is 1.79 bits per heavy atom. The summed E-state index contributed by atoms with van der Waals surface area (Å²) in [6, 6.07) is 5.46. The molecule has 0 saturated heterocycles. The van der Waals surface area contributed by atoms with Gasteiger partial charge in [-0.25, -0.2) is 0 Å². The zero-order chi connectivity index (χ0) is 24.9. The van der Waals surface area contributed by atoms with Crippen molar-refractivity contribution in [3.05, 3.63) is 36.4 Å². The van der Waals surface area contributed by atoms with Gasteiger partial charge in [-0.3, -0.25) is 13.7 Å². The maximum absolute atomic E-state index is 11.9. The lowest BCUT2D eigenvalue weighted by atomic mass is 10.1. The third kappa shape index (κ3) is 4.87. The molecular weight excluding hydrogens is 504 g/mol. The van der Waals surface area contributed by atoms with Crippen LogP contribution in [0.5, 0.6) is 5.75 Å². The molecule has 3 aromatic carbocycles. The van der Waals surface area contributed by atoms with Crippen LogP contribution in [-0.4, -0.2) is 44.0 Å². The van der Waals surface area contributed by atoms with Gasteiger partial charge in [0, 0.05) is 11.1 Å². The third-order valence-electron chi connectivity index (χ3n) is 4.26. The van der Waals surface area contributed by atoms with Crippen LogP contribution in [0.4, 0.5) is 22.7 Å². The molecule has 0 aromatic heterocycles. The molecule has 0 spiro atoms. The van der Waals surface area contributed by atoms with Crippen LogP contribution in [0.25, 0.3) is 10.8 Å². The first-order valence-electron chi connectivity index (χ1n) is 8.33. The molecule has 8 N–H and O–H groups in total. The van der Waals surface area contributed by atoms with Gasteiger partial charge < -0.3 is 16.6 Å². The van der Waals surface area contributed by atoms with E-state index in [1.807, 2.05) is 0 Å². The van der Waals surface area contributed by atoms with Crippen molar-refractivity contribution in [2.75, 3.05) is 11.5 Å². The predicted molar refractivity (Wildman–Crippen MR) is 114 cm³/mol. The summed E-state index contributed by atoms with van der Waals surface area (Å²) in [5.41, 5.74) is 9.16. The first kappa shape index (κ1) is 24.3. The van der Waals surface area contributed by atoms with E-state index in [4.69, 9.17) is 11.5 Å². The molecule has 3 rings (SSSR count). The monoisotopic (exact) mass is 518 g/mol. The molecule has 3 aromatic rings. The van der Waals surface area contributed by atoms with Crippen LogP contribution >= 0.6 is 0 Å². The number of phenols is 1. The van der Waals surface area contributed by atoms with Gasteiger partial charge in [-0.05, 0) is 41.8 Å². The van der Waals surface area contributed by atoms with Gasteiger partial charge in [0.25, 0.3) is 30.4 Å². The summed E-state index contributed by atoms with van der Waals surface area (Å²) >= 11 is 0. The van der Waals surface area contributed by atoms with Gasteiger partial charge in [-0.2, -0.15) is 25.3 Å². The number of azo groups is 1. The average Bonchev–Trinajstić information content (AvgIpc) is 2.65. The number of rotatable bonds is 5. The van der Waals surface area contributed by atoms with Crippen LogP contribution in [0.2, 0.25) is 0 Å². The molecule has 14 nitrogen and oxygen atoms in total. The Morgan fingerprint density at radius 1 is 0.697 bits per heavy atom. The van der Waals surface area contributed by atoms with Crippen molar-refractivity contribution in [3.8, 4) is 5.75 Å². The second-order valence-electron chi connectivity index (χ2n) is 6.54. The van der Waals surface area contributed by atoms with Crippen LogP contribution in [0.1, 0.15) is 0 Å². The second-order valence-corrected chi connectivity index (χ2v) is 10.7. The van der Waals surface area contributed by atoms with Crippen LogP contribution in [0, 0.1) is 0 Å². The second kappa shape index (κ2) is 7.90. The summed E-state index contributed by atoms with van der Waals surface area (Å²) in [5.74, 6) is -0.929. The van der Waals surface area contributed by atoms with Crippen molar-refractivity contribution in [1.29, 1.82) is 0 Å². The number of aromatic hydroxyl groups is 1. The van der Waals surface area contributed by atoms with E-state index in [0.717, 1.165) is 30.3 Å². The van der Waals surface area contributed by atoms with Crippen molar-refractivity contribution in [2.24, 2.45) is 10.2 Å². The third-order valence-corrected chi connectivity index (χ3v) is 6.92. The highest BCUT2D eigenvalue weighted by atomic mass is 32.2. The van der Waals surface area contributed by atoms with E-state index in [-0.39, 0.29) is 16.5 Å². The maximum atomic E-state index is 11.9. The Balaban J connectivity index is 2.35. The minimum absolute atomic E-state index is 0.0566. The first-order valence-corrected chi connectivity index (χ1v) is 12.6. The van der Waals surface area contributed by atoms with Crippen LogP contribution in [0.3, 0.4) is 0 Å². The van der Waals surface area contributed by atoms with Gasteiger partial charge in [-0.15, -0.1) is 10.2 Å². The Bertz CT molecular complexity index is 1660. The summed E-state index contributed by atoms with van der Waals surface area (Å²) in [4.78, 5) is -2.60. The van der Waals surface area contributed by atoms with E-state index in [2.05, 4.69) is 10.2 Å². The van der Waals surface area contributed by atoms with Crippen molar-refractivity contribution in [1.82, 2.24) is 0 Å². The largest absolute Gasteiger partial charge is 0.505 e. The van der Waals surface area contributed by atoms with Crippen LogP contribution in [0.15, 0.2) is 61.3 Å². The number of hydrogen-bond donors (Lipinski definition) is 6.